The fraction of sp³-hybridized carbons (Fsp3) is 0.100. The molecule has 0 unspecified atom stereocenters. The van der Waals surface area contributed by atoms with Gasteiger partial charge in [0.15, 0.2) is 17.5 Å². The van der Waals surface area contributed by atoms with Crippen LogP contribution in [0.1, 0.15) is 15.4 Å². The summed E-state index contributed by atoms with van der Waals surface area (Å²) >= 11 is 1.08. The Bertz CT molecular complexity index is 614. The van der Waals surface area contributed by atoms with Crippen molar-refractivity contribution in [3.63, 3.8) is 0 Å². The molecule has 1 aromatic heterocycles. The lowest BCUT2D eigenvalue weighted by Crippen LogP contribution is -2.15. The van der Waals surface area contributed by atoms with Crippen LogP contribution in [-0.2, 0) is 0 Å². The predicted molar refractivity (Wildman–Crippen MR) is 58.9 cm³/mol. The molecule has 0 aliphatic heterocycles. The fourth-order valence-electron chi connectivity index (χ4n) is 1.21. The molecule has 0 fully saturated rings. The van der Waals surface area contributed by atoms with Gasteiger partial charge >= 0.3 is 0 Å². The van der Waals surface area contributed by atoms with E-state index in [2.05, 4.69) is 15.5 Å². The Morgan fingerprint density at radius 2 is 1.94 bits per heavy atom. The van der Waals surface area contributed by atoms with Gasteiger partial charge in [-0.2, -0.15) is 0 Å². The van der Waals surface area contributed by atoms with E-state index in [4.69, 9.17) is 0 Å². The number of aryl methyl sites for hydroxylation is 1. The van der Waals surface area contributed by atoms with Crippen molar-refractivity contribution in [3.05, 3.63) is 40.2 Å². The Morgan fingerprint density at radius 1 is 1.22 bits per heavy atom. The summed E-state index contributed by atoms with van der Waals surface area (Å²) in [6.45, 7) is 1.67. The van der Waals surface area contributed by atoms with Crippen molar-refractivity contribution >= 4 is 22.4 Å². The summed E-state index contributed by atoms with van der Waals surface area (Å²) in [6, 6.07) is 1.54. The Balaban J connectivity index is 2.27. The maximum absolute atomic E-state index is 13.3. The van der Waals surface area contributed by atoms with Gasteiger partial charge in [-0.05, 0) is 19.1 Å². The topological polar surface area (TPSA) is 54.9 Å². The number of carbonyl (C=O) groups is 1. The highest BCUT2D eigenvalue weighted by Gasteiger charge is 2.19. The lowest BCUT2D eigenvalue weighted by molar-refractivity contribution is 0.102. The summed E-state index contributed by atoms with van der Waals surface area (Å²) in [4.78, 5) is 11.6. The average Bonchev–Trinajstić information content (AvgIpc) is 2.71. The molecule has 2 aromatic rings. The zero-order valence-electron chi connectivity index (χ0n) is 9.00. The largest absolute Gasteiger partial charge is 0.296 e. The number of anilines is 1. The fourth-order valence-corrected chi connectivity index (χ4v) is 1.80. The summed E-state index contributed by atoms with van der Waals surface area (Å²) in [5.74, 6) is -5.48. The molecule has 18 heavy (non-hydrogen) atoms. The maximum Gasteiger partial charge on any atom is 0.260 e. The molecular weight excluding hydrogens is 267 g/mol. The van der Waals surface area contributed by atoms with Crippen molar-refractivity contribution in [2.45, 2.75) is 6.92 Å². The van der Waals surface area contributed by atoms with Gasteiger partial charge in [0, 0.05) is 0 Å². The second-order valence-corrected chi connectivity index (χ2v) is 4.48. The molecule has 4 nitrogen and oxygen atoms in total. The van der Waals surface area contributed by atoms with Crippen LogP contribution >= 0.6 is 11.3 Å². The van der Waals surface area contributed by atoms with Gasteiger partial charge in [0.25, 0.3) is 5.91 Å². The van der Waals surface area contributed by atoms with Crippen LogP contribution in [0.2, 0.25) is 0 Å². The first-order chi connectivity index (χ1) is 8.49. The summed E-state index contributed by atoms with van der Waals surface area (Å²) in [7, 11) is 0. The van der Waals surface area contributed by atoms with E-state index in [1.807, 2.05) is 0 Å². The van der Waals surface area contributed by atoms with Crippen molar-refractivity contribution in [1.29, 1.82) is 0 Å². The number of halogens is 3. The van der Waals surface area contributed by atoms with Crippen molar-refractivity contribution in [3.8, 4) is 0 Å². The number of nitrogens with one attached hydrogen (secondary N) is 1. The summed E-state index contributed by atoms with van der Waals surface area (Å²) < 4.78 is 38.9. The van der Waals surface area contributed by atoms with Gasteiger partial charge in [0.05, 0.1) is 5.56 Å². The van der Waals surface area contributed by atoms with Crippen LogP contribution in [0.15, 0.2) is 12.1 Å². The monoisotopic (exact) mass is 273 g/mol. The first kappa shape index (κ1) is 12.5. The molecule has 0 aliphatic carbocycles. The molecule has 0 bridgehead atoms. The van der Waals surface area contributed by atoms with E-state index in [1.54, 1.807) is 6.92 Å². The molecular formula is C10H6F3N3OS. The molecule has 0 atom stereocenters. The minimum atomic E-state index is -1.68. The van der Waals surface area contributed by atoms with Crippen molar-refractivity contribution in [2.24, 2.45) is 0 Å². The highest BCUT2D eigenvalue weighted by atomic mass is 32.1. The van der Waals surface area contributed by atoms with Gasteiger partial charge in [-0.25, -0.2) is 13.2 Å². The zero-order chi connectivity index (χ0) is 13.3. The van der Waals surface area contributed by atoms with Gasteiger partial charge in [0.1, 0.15) is 5.01 Å². The Morgan fingerprint density at radius 3 is 2.56 bits per heavy atom. The smallest absolute Gasteiger partial charge is 0.260 e. The van der Waals surface area contributed by atoms with Crippen LogP contribution in [0.4, 0.5) is 18.3 Å². The SMILES string of the molecule is Cc1nnc(NC(=O)c2ccc(F)c(F)c2F)s1. The van der Waals surface area contributed by atoms with Crippen molar-refractivity contribution in [2.75, 3.05) is 5.32 Å². The van der Waals surface area contributed by atoms with Crippen molar-refractivity contribution in [1.82, 2.24) is 10.2 Å². The summed E-state index contributed by atoms with van der Waals surface area (Å²) in [6.07, 6.45) is 0. The highest BCUT2D eigenvalue weighted by molar-refractivity contribution is 7.15. The van der Waals surface area contributed by atoms with E-state index in [-0.39, 0.29) is 5.13 Å². The molecule has 94 valence electrons. The second kappa shape index (κ2) is 4.73. The number of amides is 1. The molecule has 0 radical (unpaired) electrons. The lowest BCUT2D eigenvalue weighted by Gasteiger charge is -2.03. The number of nitrogens with zero attached hydrogens (tertiary/aromatic N) is 2. The average molecular weight is 273 g/mol. The minimum absolute atomic E-state index is 0.154. The molecule has 8 heteroatoms. The van der Waals surface area contributed by atoms with E-state index in [0.717, 1.165) is 17.4 Å². The zero-order valence-corrected chi connectivity index (χ0v) is 9.82. The Labute approximate surface area is 103 Å². The molecule has 0 saturated heterocycles. The quantitative estimate of drug-likeness (QED) is 0.855. The first-order valence-corrected chi connectivity index (χ1v) is 5.55. The number of aromatic nitrogens is 2. The molecule has 1 aromatic carbocycles. The highest BCUT2D eigenvalue weighted by Crippen LogP contribution is 2.18. The van der Waals surface area contributed by atoms with Crippen LogP contribution in [0.5, 0.6) is 0 Å². The molecule has 0 saturated carbocycles. The van der Waals surface area contributed by atoms with Crippen molar-refractivity contribution < 1.29 is 18.0 Å². The molecule has 0 aliphatic rings. The van der Waals surface area contributed by atoms with Crippen LogP contribution < -0.4 is 5.32 Å². The van der Waals surface area contributed by atoms with E-state index < -0.39 is 28.9 Å². The molecule has 2 rings (SSSR count). The number of hydrogen-bond donors (Lipinski definition) is 1. The first-order valence-electron chi connectivity index (χ1n) is 4.74. The summed E-state index contributed by atoms with van der Waals surface area (Å²) in [5.41, 5.74) is -0.596. The third kappa shape index (κ3) is 2.33. The van der Waals surface area contributed by atoms with Gasteiger partial charge in [-0.3, -0.25) is 10.1 Å². The minimum Gasteiger partial charge on any atom is -0.296 e. The van der Waals surface area contributed by atoms with Crippen LogP contribution in [0.3, 0.4) is 0 Å². The molecule has 1 heterocycles. The van der Waals surface area contributed by atoms with Crippen LogP contribution in [0, 0.1) is 24.4 Å². The Kier molecular flexibility index (Phi) is 3.28. The number of benzene rings is 1. The number of rotatable bonds is 2. The third-order valence-corrected chi connectivity index (χ3v) is 2.78. The van der Waals surface area contributed by atoms with Crippen LogP contribution in [0.25, 0.3) is 0 Å². The molecule has 0 spiro atoms. The number of hydrogen-bond acceptors (Lipinski definition) is 4. The van der Waals surface area contributed by atoms with Gasteiger partial charge in [-0.1, -0.05) is 11.3 Å². The number of carbonyl (C=O) groups excluding carboxylic acids is 1. The lowest BCUT2D eigenvalue weighted by atomic mass is 10.2. The second-order valence-electron chi connectivity index (χ2n) is 3.30. The van der Waals surface area contributed by atoms with Gasteiger partial charge in [0.2, 0.25) is 5.13 Å². The van der Waals surface area contributed by atoms with E-state index >= 15 is 0 Å². The maximum atomic E-state index is 13.3. The predicted octanol–water partition coefficient (Wildman–Crippen LogP) is 2.52. The molecule has 1 amide bonds. The Hall–Kier alpha value is -1.96. The standard InChI is InChI=1S/C10H6F3N3OS/c1-4-15-16-10(18-4)14-9(17)5-2-3-6(11)8(13)7(5)12/h2-3H,1H3,(H,14,16,17). The van der Waals surface area contributed by atoms with Gasteiger partial charge < -0.3 is 0 Å². The van der Waals surface area contributed by atoms with E-state index in [9.17, 15) is 18.0 Å². The van der Waals surface area contributed by atoms with E-state index in [1.165, 1.54) is 0 Å². The van der Waals surface area contributed by atoms with Gasteiger partial charge in [-0.15, -0.1) is 10.2 Å². The normalized spacial score (nSPS) is 10.4. The summed E-state index contributed by atoms with van der Waals surface area (Å²) in [5, 5.41) is 10.2. The van der Waals surface area contributed by atoms with E-state index in [0.29, 0.717) is 11.1 Å². The third-order valence-electron chi connectivity index (χ3n) is 2.03. The van der Waals surface area contributed by atoms with Crippen LogP contribution in [-0.4, -0.2) is 16.1 Å². The molecule has 1 N–H and O–H groups in total.